The van der Waals surface area contributed by atoms with Crippen LogP contribution in [0.15, 0.2) is 54.9 Å². The first kappa shape index (κ1) is 17.6. The lowest BCUT2D eigenvalue weighted by Gasteiger charge is -2.24. The van der Waals surface area contributed by atoms with Crippen molar-refractivity contribution in [1.29, 1.82) is 0 Å². The lowest BCUT2D eigenvalue weighted by Crippen LogP contribution is -2.27. The first-order valence-corrected chi connectivity index (χ1v) is 10.6. The quantitative estimate of drug-likeness (QED) is 0.484. The summed E-state index contributed by atoms with van der Waals surface area (Å²) in [6.45, 7) is 1.61. The van der Waals surface area contributed by atoms with Crippen LogP contribution in [0.25, 0.3) is 22.3 Å². The number of carbonyl (C=O) groups is 1. The predicted molar refractivity (Wildman–Crippen MR) is 114 cm³/mol. The minimum absolute atomic E-state index is 0.0747. The van der Waals surface area contributed by atoms with E-state index in [4.69, 9.17) is 0 Å². The van der Waals surface area contributed by atoms with Gasteiger partial charge in [0.15, 0.2) is 5.78 Å². The van der Waals surface area contributed by atoms with E-state index in [2.05, 4.69) is 27.8 Å². The standard InChI is InChI=1S/C25H22FN3O/c26-19-9-6-17(7-10-19)25-27-12-14-28(25)15-18-8-11-21-22(24(18)30)20-5-1-3-16-4-2-13-29(21)23(16)20/h1,3,5-7,9-10,12,14,18H,2,4,8,11,13,15H2/t18-/m1/s1. The van der Waals surface area contributed by atoms with Gasteiger partial charge in [0.25, 0.3) is 0 Å². The molecule has 0 bridgehead atoms. The number of carbonyl (C=O) groups excluding carboxylic acids is 1. The molecule has 0 fully saturated rings. The van der Waals surface area contributed by atoms with E-state index in [1.165, 1.54) is 28.9 Å². The van der Waals surface area contributed by atoms with Crippen LogP contribution in [0.2, 0.25) is 0 Å². The predicted octanol–water partition coefficient (Wildman–Crippen LogP) is 5.04. The van der Waals surface area contributed by atoms with Crippen molar-refractivity contribution in [2.45, 2.75) is 38.8 Å². The van der Waals surface area contributed by atoms with Gasteiger partial charge in [-0.25, -0.2) is 9.37 Å². The maximum absolute atomic E-state index is 13.6. The number of halogens is 1. The van der Waals surface area contributed by atoms with Crippen LogP contribution in [0.1, 0.15) is 34.5 Å². The maximum Gasteiger partial charge on any atom is 0.170 e. The van der Waals surface area contributed by atoms with E-state index in [1.54, 1.807) is 18.3 Å². The summed E-state index contributed by atoms with van der Waals surface area (Å²) in [5, 5.41) is 1.13. The lowest BCUT2D eigenvalue weighted by molar-refractivity contribution is 0.0888. The zero-order chi connectivity index (χ0) is 20.2. The molecule has 6 rings (SSSR count). The van der Waals surface area contributed by atoms with Crippen molar-refractivity contribution >= 4 is 16.7 Å². The van der Waals surface area contributed by atoms with Crippen molar-refractivity contribution < 1.29 is 9.18 Å². The molecule has 2 aromatic carbocycles. The van der Waals surface area contributed by atoms with Gasteiger partial charge in [0.1, 0.15) is 11.6 Å². The Bertz CT molecular complexity index is 1280. The molecule has 1 atom stereocenters. The number of para-hydroxylation sites is 1. The highest BCUT2D eigenvalue weighted by Gasteiger charge is 2.34. The fourth-order valence-corrected chi connectivity index (χ4v) is 5.32. The number of aromatic nitrogens is 3. The van der Waals surface area contributed by atoms with Crippen LogP contribution in [-0.4, -0.2) is 19.9 Å². The molecule has 0 spiro atoms. The van der Waals surface area contributed by atoms with Crippen LogP contribution in [-0.2, 0) is 25.9 Å². The van der Waals surface area contributed by atoms with E-state index in [0.29, 0.717) is 6.54 Å². The highest BCUT2D eigenvalue weighted by Crippen LogP contribution is 2.38. The minimum Gasteiger partial charge on any atom is -0.344 e. The average molecular weight is 399 g/mol. The number of imidazole rings is 1. The molecular formula is C25H22FN3O. The van der Waals surface area contributed by atoms with Crippen LogP contribution < -0.4 is 0 Å². The zero-order valence-corrected chi connectivity index (χ0v) is 16.6. The first-order valence-electron chi connectivity index (χ1n) is 10.6. The molecule has 1 aliphatic heterocycles. The van der Waals surface area contributed by atoms with Gasteiger partial charge in [-0.15, -0.1) is 0 Å². The van der Waals surface area contributed by atoms with E-state index < -0.39 is 0 Å². The van der Waals surface area contributed by atoms with E-state index >= 15 is 0 Å². The van der Waals surface area contributed by atoms with Gasteiger partial charge in [-0.3, -0.25) is 4.79 Å². The molecule has 3 heterocycles. The highest BCUT2D eigenvalue weighted by molar-refractivity contribution is 6.12. The fourth-order valence-electron chi connectivity index (χ4n) is 5.32. The van der Waals surface area contributed by atoms with Crippen molar-refractivity contribution in [3.8, 4) is 11.4 Å². The first-order chi connectivity index (χ1) is 14.7. The van der Waals surface area contributed by atoms with Crippen LogP contribution >= 0.6 is 0 Å². The molecule has 0 N–H and O–H groups in total. The third-order valence-electron chi connectivity index (χ3n) is 6.68. The van der Waals surface area contributed by atoms with Crippen molar-refractivity contribution in [3.63, 3.8) is 0 Å². The Hall–Kier alpha value is -3.21. The van der Waals surface area contributed by atoms with E-state index in [-0.39, 0.29) is 17.5 Å². The molecule has 2 aromatic heterocycles. The molecule has 1 aliphatic carbocycles. The van der Waals surface area contributed by atoms with Crippen LogP contribution in [0.3, 0.4) is 0 Å². The molecule has 0 radical (unpaired) electrons. The van der Waals surface area contributed by atoms with Crippen molar-refractivity contribution in [1.82, 2.24) is 14.1 Å². The fraction of sp³-hybridized carbons (Fsp3) is 0.280. The molecule has 4 aromatic rings. The molecule has 4 nitrogen and oxygen atoms in total. The molecule has 0 saturated heterocycles. The summed E-state index contributed by atoms with van der Waals surface area (Å²) in [5.74, 6) is 0.684. The Morgan fingerprint density at radius 3 is 2.83 bits per heavy atom. The third kappa shape index (κ3) is 2.58. The van der Waals surface area contributed by atoms with Crippen LogP contribution in [0.5, 0.6) is 0 Å². The van der Waals surface area contributed by atoms with E-state index in [1.807, 2.05) is 10.8 Å². The van der Waals surface area contributed by atoms with E-state index in [9.17, 15) is 9.18 Å². The second kappa shape index (κ2) is 6.66. The van der Waals surface area contributed by atoms with Crippen LogP contribution in [0, 0.1) is 11.7 Å². The molecule has 0 unspecified atom stereocenters. The van der Waals surface area contributed by atoms with Crippen molar-refractivity contribution in [3.05, 3.63) is 77.5 Å². The molecular weight excluding hydrogens is 377 g/mol. The summed E-state index contributed by atoms with van der Waals surface area (Å²) in [5.41, 5.74) is 5.66. The molecule has 2 aliphatic rings. The Labute approximate surface area is 174 Å². The maximum atomic E-state index is 13.6. The summed E-state index contributed by atoms with van der Waals surface area (Å²) in [6.07, 6.45) is 7.67. The summed E-state index contributed by atoms with van der Waals surface area (Å²) in [7, 11) is 0. The lowest BCUT2D eigenvalue weighted by atomic mass is 9.84. The summed E-state index contributed by atoms with van der Waals surface area (Å²) < 4.78 is 17.7. The SMILES string of the molecule is O=C1c2c(n3c4c(cccc24)CCC3)CC[C@@H]1Cn1ccnc1-c1ccc(F)cc1. The number of fused-ring (bicyclic) bond motifs is 3. The normalized spacial score (nSPS) is 18.0. The topological polar surface area (TPSA) is 39.8 Å². The summed E-state index contributed by atoms with van der Waals surface area (Å²) >= 11 is 0. The number of ketones is 1. The van der Waals surface area contributed by atoms with Crippen LogP contribution in [0.4, 0.5) is 4.39 Å². The molecule has 150 valence electrons. The van der Waals surface area contributed by atoms with Gasteiger partial charge in [0.05, 0.1) is 5.52 Å². The monoisotopic (exact) mass is 399 g/mol. The molecule has 0 amide bonds. The van der Waals surface area contributed by atoms with Gasteiger partial charge >= 0.3 is 0 Å². The highest BCUT2D eigenvalue weighted by atomic mass is 19.1. The zero-order valence-electron chi connectivity index (χ0n) is 16.6. The van der Waals surface area contributed by atoms with Gasteiger partial charge in [-0.1, -0.05) is 18.2 Å². The number of benzene rings is 2. The summed E-state index contributed by atoms with van der Waals surface area (Å²) in [6, 6.07) is 12.8. The van der Waals surface area contributed by atoms with Gasteiger partial charge < -0.3 is 9.13 Å². The Balaban J connectivity index is 1.37. The number of hydrogen-bond acceptors (Lipinski definition) is 2. The largest absolute Gasteiger partial charge is 0.344 e. The molecule has 0 saturated carbocycles. The number of nitrogens with zero attached hydrogens (tertiary/aromatic N) is 3. The number of rotatable bonds is 3. The van der Waals surface area contributed by atoms with Crippen molar-refractivity contribution in [2.75, 3.05) is 0 Å². The van der Waals surface area contributed by atoms with Gasteiger partial charge in [-0.2, -0.15) is 0 Å². The Morgan fingerprint density at radius 1 is 1.10 bits per heavy atom. The van der Waals surface area contributed by atoms with Gasteiger partial charge in [0.2, 0.25) is 0 Å². The number of aryl methyl sites for hydroxylation is 2. The smallest absolute Gasteiger partial charge is 0.170 e. The second-order valence-electron chi connectivity index (χ2n) is 8.40. The molecule has 30 heavy (non-hydrogen) atoms. The molecule has 5 heteroatoms. The van der Waals surface area contributed by atoms with Crippen molar-refractivity contribution in [2.24, 2.45) is 5.92 Å². The second-order valence-corrected chi connectivity index (χ2v) is 8.40. The van der Waals surface area contributed by atoms with E-state index in [0.717, 1.165) is 54.6 Å². The third-order valence-corrected chi connectivity index (χ3v) is 6.68. The number of hydrogen-bond donors (Lipinski definition) is 0. The van der Waals surface area contributed by atoms with Gasteiger partial charge in [0, 0.05) is 53.6 Å². The minimum atomic E-state index is -0.264. The van der Waals surface area contributed by atoms with Gasteiger partial charge in [-0.05, 0) is 55.5 Å². The summed E-state index contributed by atoms with van der Waals surface area (Å²) in [4.78, 5) is 18.1. The average Bonchev–Trinajstić information content (AvgIpc) is 3.36. The Morgan fingerprint density at radius 2 is 1.97 bits per heavy atom. The Kier molecular flexibility index (Phi) is 3.91. The number of Topliss-reactive ketones (excluding diaryl/α,β-unsaturated/α-hetero) is 1.